The molecule has 0 spiro atoms. The predicted octanol–water partition coefficient (Wildman–Crippen LogP) is 0.706. The van der Waals surface area contributed by atoms with Gasteiger partial charge >= 0.3 is 0 Å². The van der Waals surface area contributed by atoms with E-state index in [9.17, 15) is 4.79 Å². The van der Waals surface area contributed by atoms with E-state index in [4.69, 9.17) is 4.74 Å². The van der Waals surface area contributed by atoms with Gasteiger partial charge in [-0.05, 0) is 49.2 Å². The zero-order chi connectivity index (χ0) is 11.0. The van der Waals surface area contributed by atoms with Crippen molar-refractivity contribution in [3.63, 3.8) is 0 Å². The fourth-order valence-corrected chi connectivity index (χ4v) is 2.25. The summed E-state index contributed by atoms with van der Waals surface area (Å²) in [5.41, 5.74) is 3.46. The van der Waals surface area contributed by atoms with Gasteiger partial charge in [0.1, 0.15) is 5.75 Å². The van der Waals surface area contributed by atoms with Crippen LogP contribution in [-0.4, -0.2) is 25.6 Å². The van der Waals surface area contributed by atoms with E-state index < -0.39 is 0 Å². The molecular formula is C12H14N2O2. The molecule has 1 amide bonds. The molecule has 0 fully saturated rings. The molecule has 0 radical (unpaired) electrons. The third kappa shape index (κ3) is 1.65. The molecule has 2 aliphatic rings. The summed E-state index contributed by atoms with van der Waals surface area (Å²) in [6.07, 6.45) is 2.04. The third-order valence-corrected chi connectivity index (χ3v) is 3.08. The predicted molar refractivity (Wildman–Crippen MR) is 60.8 cm³/mol. The molecule has 0 saturated carbocycles. The van der Waals surface area contributed by atoms with Crippen molar-refractivity contribution in [3.05, 3.63) is 23.3 Å². The third-order valence-electron chi connectivity index (χ3n) is 3.08. The monoisotopic (exact) mass is 218 g/mol. The molecule has 2 N–H and O–H groups in total. The molecule has 0 aromatic heterocycles. The van der Waals surface area contributed by atoms with Crippen LogP contribution >= 0.6 is 0 Å². The minimum absolute atomic E-state index is 0.0702. The van der Waals surface area contributed by atoms with Gasteiger partial charge in [-0.3, -0.25) is 4.79 Å². The van der Waals surface area contributed by atoms with Crippen LogP contribution in [-0.2, 0) is 17.6 Å². The Balaban J connectivity index is 2.02. The van der Waals surface area contributed by atoms with Gasteiger partial charge in [0.25, 0.3) is 5.91 Å². The van der Waals surface area contributed by atoms with E-state index in [0.29, 0.717) is 0 Å². The van der Waals surface area contributed by atoms with E-state index in [0.717, 1.165) is 37.4 Å². The highest BCUT2D eigenvalue weighted by Gasteiger charge is 2.19. The number of hydrogen-bond donors (Lipinski definition) is 2. The zero-order valence-corrected chi connectivity index (χ0v) is 9.01. The lowest BCUT2D eigenvalue weighted by molar-refractivity contribution is -0.118. The van der Waals surface area contributed by atoms with Gasteiger partial charge in [-0.1, -0.05) is 0 Å². The molecule has 16 heavy (non-hydrogen) atoms. The molecule has 1 aromatic rings. The molecule has 0 atom stereocenters. The second-order valence-electron chi connectivity index (χ2n) is 4.20. The van der Waals surface area contributed by atoms with Crippen LogP contribution in [0.4, 0.5) is 5.69 Å². The topological polar surface area (TPSA) is 50.4 Å². The Hall–Kier alpha value is -1.55. The summed E-state index contributed by atoms with van der Waals surface area (Å²) in [4.78, 5) is 11.2. The molecule has 4 heteroatoms. The minimum atomic E-state index is -0.0702. The van der Waals surface area contributed by atoms with Gasteiger partial charge in [-0.25, -0.2) is 0 Å². The van der Waals surface area contributed by atoms with E-state index in [2.05, 4.69) is 22.8 Å². The second kappa shape index (κ2) is 3.79. The fourth-order valence-electron chi connectivity index (χ4n) is 2.25. The number of nitrogens with one attached hydrogen (secondary N) is 2. The Kier molecular flexibility index (Phi) is 2.29. The molecule has 0 aliphatic carbocycles. The van der Waals surface area contributed by atoms with E-state index in [1.165, 1.54) is 11.1 Å². The highest BCUT2D eigenvalue weighted by atomic mass is 16.5. The quantitative estimate of drug-likeness (QED) is 0.674. The number of hydrogen-bond acceptors (Lipinski definition) is 3. The smallest absolute Gasteiger partial charge is 0.262 e. The van der Waals surface area contributed by atoms with Crippen LogP contribution in [0.3, 0.4) is 0 Å². The van der Waals surface area contributed by atoms with Crippen molar-refractivity contribution < 1.29 is 9.53 Å². The fraction of sp³-hybridized carbons (Fsp3) is 0.417. The van der Waals surface area contributed by atoms with Gasteiger partial charge in [-0.15, -0.1) is 0 Å². The van der Waals surface area contributed by atoms with Gasteiger partial charge in [0.05, 0.1) is 5.69 Å². The number of anilines is 1. The molecular weight excluding hydrogens is 204 g/mol. The van der Waals surface area contributed by atoms with Crippen molar-refractivity contribution >= 4 is 11.6 Å². The number of carbonyl (C=O) groups is 1. The first kappa shape index (κ1) is 9.66. The Morgan fingerprint density at radius 3 is 2.69 bits per heavy atom. The van der Waals surface area contributed by atoms with E-state index in [1.54, 1.807) is 0 Å². The number of rotatable bonds is 0. The maximum atomic E-state index is 11.2. The number of amides is 1. The Labute approximate surface area is 94.0 Å². The highest BCUT2D eigenvalue weighted by Crippen LogP contribution is 2.32. The summed E-state index contributed by atoms with van der Waals surface area (Å²) in [5, 5.41) is 6.21. The first-order chi connectivity index (χ1) is 7.83. The van der Waals surface area contributed by atoms with Crippen molar-refractivity contribution in [2.24, 2.45) is 0 Å². The van der Waals surface area contributed by atoms with Crippen molar-refractivity contribution in [1.82, 2.24) is 5.32 Å². The Bertz CT molecular complexity index is 443. The average molecular weight is 218 g/mol. The largest absolute Gasteiger partial charge is 0.482 e. The van der Waals surface area contributed by atoms with Crippen molar-refractivity contribution in [2.75, 3.05) is 25.0 Å². The number of carbonyl (C=O) groups excluding carboxylic acids is 1. The first-order valence-corrected chi connectivity index (χ1v) is 5.62. The lowest BCUT2D eigenvalue weighted by Gasteiger charge is -2.20. The molecule has 0 saturated heterocycles. The Morgan fingerprint density at radius 2 is 1.88 bits per heavy atom. The summed E-state index contributed by atoms with van der Waals surface area (Å²) in [6.45, 7) is 2.14. The molecule has 1 aromatic carbocycles. The van der Waals surface area contributed by atoms with Crippen molar-refractivity contribution in [1.29, 1.82) is 0 Å². The van der Waals surface area contributed by atoms with Crippen LogP contribution in [0.1, 0.15) is 11.1 Å². The SMILES string of the molecule is O=C1COc2cc3c(cc2N1)CCNCC3. The summed E-state index contributed by atoms with van der Waals surface area (Å²) in [7, 11) is 0. The van der Waals surface area contributed by atoms with Gasteiger partial charge < -0.3 is 15.4 Å². The van der Waals surface area contributed by atoms with Crippen LogP contribution in [0.2, 0.25) is 0 Å². The van der Waals surface area contributed by atoms with Crippen LogP contribution in [0.25, 0.3) is 0 Å². The molecule has 2 aliphatic heterocycles. The minimum Gasteiger partial charge on any atom is -0.482 e. The molecule has 84 valence electrons. The second-order valence-corrected chi connectivity index (χ2v) is 4.20. The first-order valence-electron chi connectivity index (χ1n) is 5.62. The summed E-state index contributed by atoms with van der Waals surface area (Å²) < 4.78 is 5.41. The van der Waals surface area contributed by atoms with Crippen LogP contribution in [0, 0.1) is 0 Å². The maximum absolute atomic E-state index is 11.2. The number of fused-ring (bicyclic) bond motifs is 2. The van der Waals surface area contributed by atoms with E-state index >= 15 is 0 Å². The average Bonchev–Trinajstić information content (AvgIpc) is 2.50. The molecule has 0 bridgehead atoms. The summed E-state index contributed by atoms with van der Waals surface area (Å²) >= 11 is 0. The number of ether oxygens (including phenoxy) is 1. The van der Waals surface area contributed by atoms with Crippen molar-refractivity contribution in [3.8, 4) is 5.75 Å². The van der Waals surface area contributed by atoms with Crippen LogP contribution in [0.15, 0.2) is 12.1 Å². The summed E-state index contributed by atoms with van der Waals surface area (Å²) in [5.74, 6) is 0.736. The normalized spacial score (nSPS) is 18.9. The molecule has 4 nitrogen and oxygen atoms in total. The van der Waals surface area contributed by atoms with Crippen LogP contribution in [0.5, 0.6) is 5.75 Å². The zero-order valence-electron chi connectivity index (χ0n) is 9.01. The van der Waals surface area contributed by atoms with Gasteiger partial charge in [0.2, 0.25) is 0 Å². The maximum Gasteiger partial charge on any atom is 0.262 e. The molecule has 0 unspecified atom stereocenters. The molecule has 3 rings (SSSR count). The Morgan fingerprint density at radius 1 is 1.12 bits per heavy atom. The van der Waals surface area contributed by atoms with Crippen molar-refractivity contribution in [2.45, 2.75) is 12.8 Å². The lowest BCUT2D eigenvalue weighted by atomic mass is 10.0. The highest BCUT2D eigenvalue weighted by molar-refractivity contribution is 5.95. The van der Waals surface area contributed by atoms with E-state index in [1.807, 2.05) is 0 Å². The van der Waals surface area contributed by atoms with Gasteiger partial charge in [0.15, 0.2) is 6.61 Å². The number of benzene rings is 1. The molecule has 2 heterocycles. The standard InChI is InChI=1S/C12H14N2O2/c15-12-7-16-11-6-9-2-4-13-3-1-8(9)5-10(11)14-12/h5-6,13H,1-4,7H2,(H,14,15). The van der Waals surface area contributed by atoms with Gasteiger partial charge in [0, 0.05) is 0 Å². The lowest BCUT2D eigenvalue weighted by Crippen LogP contribution is -2.25. The van der Waals surface area contributed by atoms with Crippen LogP contribution < -0.4 is 15.4 Å². The van der Waals surface area contributed by atoms with Gasteiger partial charge in [-0.2, -0.15) is 0 Å². The van der Waals surface area contributed by atoms with E-state index in [-0.39, 0.29) is 12.5 Å². The summed E-state index contributed by atoms with van der Waals surface area (Å²) in [6, 6.07) is 4.12.